The summed E-state index contributed by atoms with van der Waals surface area (Å²) in [6.45, 7) is 2.45. The first kappa shape index (κ1) is 17.8. The summed E-state index contributed by atoms with van der Waals surface area (Å²) >= 11 is 1.54. The maximum atomic E-state index is 13.3. The molecule has 0 saturated heterocycles. The number of ether oxygens (including phenoxy) is 2. The summed E-state index contributed by atoms with van der Waals surface area (Å²) in [5.74, 6) is 1.23. The monoisotopic (exact) mass is 384 g/mol. The van der Waals surface area contributed by atoms with Crippen molar-refractivity contribution in [3.8, 4) is 11.5 Å². The first-order valence-corrected chi connectivity index (χ1v) is 9.79. The molecule has 0 bridgehead atoms. The lowest BCUT2D eigenvalue weighted by molar-refractivity contribution is -0.856. The van der Waals surface area contributed by atoms with Gasteiger partial charge in [-0.3, -0.25) is 9.69 Å². The lowest BCUT2D eigenvalue weighted by atomic mass is 10.1. The average molecular weight is 384 g/mol. The second kappa shape index (κ2) is 7.54. The number of hydrogen-bond donors (Lipinski definition) is 1. The van der Waals surface area contributed by atoms with Crippen LogP contribution in [0, 0.1) is 0 Å². The van der Waals surface area contributed by atoms with Crippen molar-refractivity contribution in [2.75, 3.05) is 45.3 Å². The summed E-state index contributed by atoms with van der Waals surface area (Å²) in [7, 11) is 4.15. The Kier molecular flexibility index (Phi) is 4.96. The standard InChI is InChI=1S/C20H21N3O3S/c1-22(2)9-10-23(20-21-15-5-3-4-6-18(15)27-20)19(24)14-7-8-16-17(13-14)26-12-11-25-16/h3-8,13H,9-12H2,1-2H3/p+1. The molecule has 2 aromatic carbocycles. The first-order valence-electron chi connectivity index (χ1n) is 8.98. The summed E-state index contributed by atoms with van der Waals surface area (Å²) < 4.78 is 12.3. The lowest BCUT2D eigenvalue weighted by Gasteiger charge is -2.22. The number of para-hydroxylation sites is 1. The van der Waals surface area contributed by atoms with Gasteiger partial charge in [-0.15, -0.1) is 0 Å². The van der Waals surface area contributed by atoms with Crippen LogP contribution in [-0.4, -0.2) is 51.3 Å². The minimum absolute atomic E-state index is 0.0766. The fourth-order valence-corrected chi connectivity index (χ4v) is 3.92. The number of carbonyl (C=O) groups excluding carboxylic acids is 1. The molecule has 0 aliphatic carbocycles. The van der Waals surface area contributed by atoms with E-state index in [4.69, 9.17) is 9.47 Å². The van der Waals surface area contributed by atoms with E-state index >= 15 is 0 Å². The molecule has 1 aliphatic heterocycles. The predicted octanol–water partition coefficient (Wildman–Crippen LogP) is 1.86. The number of likely N-dealkylation sites (N-methyl/N-ethyl adjacent to an activating group) is 1. The Hall–Kier alpha value is -2.64. The first-order chi connectivity index (χ1) is 13.1. The minimum Gasteiger partial charge on any atom is -0.486 e. The number of fused-ring (bicyclic) bond motifs is 2. The van der Waals surface area contributed by atoms with Crippen molar-refractivity contribution in [3.05, 3.63) is 48.0 Å². The number of carbonyl (C=O) groups is 1. The highest BCUT2D eigenvalue weighted by Crippen LogP contribution is 2.33. The Balaban J connectivity index is 1.68. The van der Waals surface area contributed by atoms with Crippen molar-refractivity contribution in [2.24, 2.45) is 0 Å². The number of rotatable bonds is 5. The number of amides is 1. The highest BCUT2D eigenvalue weighted by Gasteiger charge is 2.24. The van der Waals surface area contributed by atoms with Crippen molar-refractivity contribution < 1.29 is 19.2 Å². The summed E-state index contributed by atoms with van der Waals surface area (Å²) in [5.41, 5.74) is 1.49. The van der Waals surface area contributed by atoms with Gasteiger partial charge < -0.3 is 14.4 Å². The largest absolute Gasteiger partial charge is 0.486 e. The molecule has 0 saturated carbocycles. The third kappa shape index (κ3) is 3.74. The molecule has 0 spiro atoms. The second-order valence-electron chi connectivity index (χ2n) is 6.74. The van der Waals surface area contributed by atoms with Crippen LogP contribution in [0.2, 0.25) is 0 Å². The van der Waals surface area contributed by atoms with Gasteiger partial charge in [0.25, 0.3) is 5.91 Å². The normalized spacial score (nSPS) is 13.1. The summed E-state index contributed by atoms with van der Waals surface area (Å²) in [6, 6.07) is 13.3. The van der Waals surface area contributed by atoms with E-state index in [0.717, 1.165) is 21.9 Å². The molecule has 1 aromatic heterocycles. The Labute approximate surface area is 161 Å². The molecule has 1 N–H and O–H groups in total. The molecule has 4 rings (SSSR count). The van der Waals surface area contributed by atoms with Crippen LogP contribution in [-0.2, 0) is 0 Å². The maximum absolute atomic E-state index is 13.3. The van der Waals surface area contributed by atoms with Crippen LogP contribution in [0.3, 0.4) is 0 Å². The molecule has 0 atom stereocenters. The van der Waals surface area contributed by atoms with Crippen LogP contribution in [0.4, 0.5) is 5.13 Å². The van der Waals surface area contributed by atoms with Crippen molar-refractivity contribution in [2.45, 2.75) is 0 Å². The summed E-state index contributed by atoms with van der Waals surface area (Å²) in [5, 5.41) is 0.720. The van der Waals surface area contributed by atoms with Gasteiger partial charge in [0.2, 0.25) is 0 Å². The number of hydrogen-bond acceptors (Lipinski definition) is 5. The lowest BCUT2D eigenvalue weighted by Crippen LogP contribution is -3.06. The van der Waals surface area contributed by atoms with Gasteiger partial charge in [-0.1, -0.05) is 23.5 Å². The molecule has 0 fully saturated rings. The number of nitrogens with zero attached hydrogens (tertiary/aromatic N) is 2. The molecule has 0 unspecified atom stereocenters. The van der Waals surface area contributed by atoms with E-state index in [-0.39, 0.29) is 5.91 Å². The predicted molar refractivity (Wildman–Crippen MR) is 106 cm³/mol. The van der Waals surface area contributed by atoms with E-state index in [0.29, 0.717) is 36.8 Å². The van der Waals surface area contributed by atoms with Crippen molar-refractivity contribution >= 4 is 32.6 Å². The highest BCUT2D eigenvalue weighted by molar-refractivity contribution is 7.22. The zero-order valence-corrected chi connectivity index (χ0v) is 16.2. The third-order valence-electron chi connectivity index (χ3n) is 4.38. The Morgan fingerprint density at radius 1 is 1.15 bits per heavy atom. The molecular weight excluding hydrogens is 362 g/mol. The fourth-order valence-electron chi connectivity index (χ4n) is 2.93. The van der Waals surface area contributed by atoms with Gasteiger partial charge in [-0.25, -0.2) is 4.98 Å². The molecule has 27 heavy (non-hydrogen) atoms. The van der Waals surface area contributed by atoms with E-state index < -0.39 is 0 Å². The van der Waals surface area contributed by atoms with Crippen LogP contribution in [0.25, 0.3) is 10.2 Å². The molecule has 140 valence electrons. The molecule has 3 aromatic rings. The van der Waals surface area contributed by atoms with Crippen LogP contribution in [0.15, 0.2) is 42.5 Å². The van der Waals surface area contributed by atoms with Crippen LogP contribution in [0.1, 0.15) is 10.4 Å². The van der Waals surface area contributed by atoms with Gasteiger partial charge >= 0.3 is 0 Å². The maximum Gasteiger partial charge on any atom is 0.260 e. The second-order valence-corrected chi connectivity index (χ2v) is 7.75. The van der Waals surface area contributed by atoms with Crippen LogP contribution >= 0.6 is 11.3 Å². The fraction of sp³-hybridized carbons (Fsp3) is 0.300. The molecule has 1 aliphatic rings. The van der Waals surface area contributed by atoms with Gasteiger partial charge in [0.1, 0.15) is 13.2 Å². The number of anilines is 1. The van der Waals surface area contributed by atoms with Gasteiger partial charge in [-0.05, 0) is 30.3 Å². The third-order valence-corrected chi connectivity index (χ3v) is 5.44. The molecule has 1 amide bonds. The zero-order valence-electron chi connectivity index (χ0n) is 15.4. The quantitative estimate of drug-likeness (QED) is 0.730. The van der Waals surface area contributed by atoms with E-state index in [9.17, 15) is 4.79 Å². The van der Waals surface area contributed by atoms with Crippen LogP contribution < -0.4 is 19.3 Å². The minimum atomic E-state index is -0.0766. The van der Waals surface area contributed by atoms with E-state index in [1.54, 1.807) is 23.1 Å². The van der Waals surface area contributed by atoms with E-state index in [1.165, 1.54) is 16.2 Å². The summed E-state index contributed by atoms with van der Waals surface area (Å²) in [6.07, 6.45) is 0. The number of quaternary nitrogens is 1. The molecular formula is C20H22N3O3S+. The number of benzene rings is 2. The Morgan fingerprint density at radius 2 is 1.93 bits per heavy atom. The SMILES string of the molecule is C[NH+](C)CCN(C(=O)c1ccc2c(c1)OCCO2)c1nc2ccccc2s1. The smallest absolute Gasteiger partial charge is 0.260 e. The van der Waals surface area contributed by atoms with Crippen molar-refractivity contribution in [3.63, 3.8) is 0 Å². The van der Waals surface area contributed by atoms with Gasteiger partial charge in [-0.2, -0.15) is 0 Å². The van der Waals surface area contributed by atoms with Gasteiger partial charge in [0, 0.05) is 5.56 Å². The molecule has 0 radical (unpaired) electrons. The highest BCUT2D eigenvalue weighted by atomic mass is 32.1. The van der Waals surface area contributed by atoms with Crippen molar-refractivity contribution in [1.82, 2.24) is 4.98 Å². The van der Waals surface area contributed by atoms with E-state index in [2.05, 4.69) is 19.1 Å². The van der Waals surface area contributed by atoms with Gasteiger partial charge in [0.05, 0.1) is 37.4 Å². The topological polar surface area (TPSA) is 56.1 Å². The number of aromatic nitrogens is 1. The average Bonchev–Trinajstić information content (AvgIpc) is 3.11. The van der Waals surface area contributed by atoms with Crippen LogP contribution in [0.5, 0.6) is 11.5 Å². The Bertz CT molecular complexity index is 937. The molecule has 2 heterocycles. The molecule has 6 nitrogen and oxygen atoms in total. The summed E-state index contributed by atoms with van der Waals surface area (Å²) in [4.78, 5) is 21.0. The van der Waals surface area contributed by atoms with Crippen molar-refractivity contribution in [1.29, 1.82) is 0 Å². The number of thiazole rings is 1. The zero-order chi connectivity index (χ0) is 18.8. The molecule has 7 heteroatoms. The van der Waals surface area contributed by atoms with E-state index in [1.807, 2.05) is 24.3 Å². The Morgan fingerprint density at radius 3 is 2.70 bits per heavy atom. The van der Waals surface area contributed by atoms with Gasteiger partial charge in [0.15, 0.2) is 16.6 Å². The number of nitrogens with one attached hydrogen (secondary N) is 1.